The minimum absolute atomic E-state index is 0.195. The van der Waals surface area contributed by atoms with Crippen LogP contribution in [-0.2, 0) is 13.0 Å². The number of aliphatic hydroxyl groups excluding tert-OH is 1. The Morgan fingerprint density at radius 2 is 2.26 bits per heavy atom. The molecule has 19 heavy (non-hydrogen) atoms. The van der Waals surface area contributed by atoms with E-state index in [4.69, 9.17) is 4.42 Å². The molecule has 2 unspecified atom stereocenters. The van der Waals surface area contributed by atoms with Gasteiger partial charge in [0.2, 0.25) is 0 Å². The number of nitrogens with one attached hydrogen (secondary N) is 1. The number of aryl methyl sites for hydroxylation is 1. The monoisotopic (exact) mass is 261 g/mol. The SMILES string of the molecule is CCc1nc2nc(CNC3CCCC3O)ccc2o1. The van der Waals surface area contributed by atoms with Crippen molar-refractivity contribution in [1.82, 2.24) is 15.3 Å². The van der Waals surface area contributed by atoms with E-state index in [0.29, 0.717) is 12.2 Å². The van der Waals surface area contributed by atoms with Crippen molar-refractivity contribution in [2.24, 2.45) is 0 Å². The van der Waals surface area contributed by atoms with Crippen molar-refractivity contribution in [2.75, 3.05) is 0 Å². The van der Waals surface area contributed by atoms with Gasteiger partial charge in [0.05, 0.1) is 11.8 Å². The molecular weight excluding hydrogens is 242 g/mol. The molecule has 2 heterocycles. The van der Waals surface area contributed by atoms with Gasteiger partial charge in [-0.25, -0.2) is 4.98 Å². The van der Waals surface area contributed by atoms with Crippen molar-refractivity contribution in [3.8, 4) is 0 Å². The number of aliphatic hydroxyl groups is 1. The predicted molar refractivity (Wildman–Crippen MR) is 71.7 cm³/mol. The zero-order valence-corrected chi connectivity index (χ0v) is 11.1. The third-order valence-electron chi connectivity index (χ3n) is 3.68. The molecule has 1 aliphatic rings. The lowest BCUT2D eigenvalue weighted by molar-refractivity contribution is 0.148. The minimum Gasteiger partial charge on any atom is -0.439 e. The van der Waals surface area contributed by atoms with E-state index in [1.54, 1.807) is 0 Å². The fourth-order valence-electron chi connectivity index (χ4n) is 2.57. The highest BCUT2D eigenvalue weighted by molar-refractivity contribution is 5.67. The van der Waals surface area contributed by atoms with Crippen molar-refractivity contribution < 1.29 is 9.52 Å². The van der Waals surface area contributed by atoms with Crippen molar-refractivity contribution in [2.45, 2.75) is 51.3 Å². The summed E-state index contributed by atoms with van der Waals surface area (Å²) >= 11 is 0. The minimum atomic E-state index is -0.220. The molecule has 2 aromatic rings. The second-order valence-electron chi connectivity index (χ2n) is 5.07. The van der Waals surface area contributed by atoms with E-state index in [2.05, 4.69) is 15.3 Å². The van der Waals surface area contributed by atoms with Gasteiger partial charge in [0.1, 0.15) is 0 Å². The standard InChI is InChI=1S/C14H19N3O2/c1-2-13-17-14-12(19-13)7-6-9(16-14)8-15-10-4-3-5-11(10)18/h6-7,10-11,15,18H,2-5,8H2,1H3. The molecule has 0 radical (unpaired) electrons. The van der Waals surface area contributed by atoms with E-state index >= 15 is 0 Å². The second-order valence-corrected chi connectivity index (χ2v) is 5.07. The highest BCUT2D eigenvalue weighted by Crippen LogP contribution is 2.19. The van der Waals surface area contributed by atoms with E-state index in [1.165, 1.54) is 0 Å². The summed E-state index contributed by atoms with van der Waals surface area (Å²) in [4.78, 5) is 8.81. The summed E-state index contributed by atoms with van der Waals surface area (Å²) in [6.07, 6.45) is 3.58. The third-order valence-corrected chi connectivity index (χ3v) is 3.68. The van der Waals surface area contributed by atoms with Crippen LogP contribution in [0.15, 0.2) is 16.5 Å². The van der Waals surface area contributed by atoms with Gasteiger partial charge < -0.3 is 14.8 Å². The van der Waals surface area contributed by atoms with Gasteiger partial charge in [-0.15, -0.1) is 0 Å². The summed E-state index contributed by atoms with van der Waals surface area (Å²) in [5, 5.41) is 13.1. The maximum Gasteiger partial charge on any atom is 0.199 e. The molecule has 1 saturated carbocycles. The Hall–Kier alpha value is -1.46. The maximum atomic E-state index is 9.76. The molecule has 0 spiro atoms. The highest BCUT2D eigenvalue weighted by Gasteiger charge is 2.24. The van der Waals surface area contributed by atoms with Crippen LogP contribution in [0, 0.1) is 0 Å². The van der Waals surface area contributed by atoms with E-state index in [-0.39, 0.29) is 12.1 Å². The van der Waals surface area contributed by atoms with Crippen molar-refractivity contribution in [1.29, 1.82) is 0 Å². The first-order chi connectivity index (χ1) is 9.26. The first-order valence-corrected chi connectivity index (χ1v) is 6.93. The van der Waals surface area contributed by atoms with Gasteiger partial charge in [-0.05, 0) is 31.4 Å². The number of pyridine rings is 1. The Morgan fingerprint density at radius 1 is 1.37 bits per heavy atom. The number of aromatic nitrogens is 2. The Labute approximate surface area is 112 Å². The van der Waals surface area contributed by atoms with Gasteiger partial charge in [-0.1, -0.05) is 6.92 Å². The molecule has 0 bridgehead atoms. The van der Waals surface area contributed by atoms with E-state index in [1.807, 2.05) is 19.1 Å². The largest absolute Gasteiger partial charge is 0.439 e. The average molecular weight is 261 g/mol. The number of hydrogen-bond acceptors (Lipinski definition) is 5. The van der Waals surface area contributed by atoms with Crippen LogP contribution in [0.5, 0.6) is 0 Å². The molecule has 3 rings (SSSR count). The summed E-state index contributed by atoms with van der Waals surface area (Å²) in [5.74, 6) is 0.721. The molecule has 2 aromatic heterocycles. The van der Waals surface area contributed by atoms with Crippen LogP contribution < -0.4 is 5.32 Å². The first-order valence-electron chi connectivity index (χ1n) is 6.93. The highest BCUT2D eigenvalue weighted by atomic mass is 16.3. The van der Waals surface area contributed by atoms with Crippen molar-refractivity contribution in [3.05, 3.63) is 23.7 Å². The second kappa shape index (κ2) is 5.27. The first kappa shape index (κ1) is 12.6. The van der Waals surface area contributed by atoms with Crippen LogP contribution in [0.2, 0.25) is 0 Å². The Bertz CT molecular complexity index is 567. The lowest BCUT2D eigenvalue weighted by Gasteiger charge is -2.15. The molecule has 0 aliphatic heterocycles. The van der Waals surface area contributed by atoms with Gasteiger partial charge in [-0.2, -0.15) is 4.98 Å². The molecule has 102 valence electrons. The van der Waals surface area contributed by atoms with E-state index in [0.717, 1.165) is 42.9 Å². The zero-order valence-electron chi connectivity index (χ0n) is 11.1. The zero-order chi connectivity index (χ0) is 13.2. The number of fused-ring (bicyclic) bond motifs is 1. The molecule has 5 heteroatoms. The normalized spacial score (nSPS) is 23.3. The van der Waals surface area contributed by atoms with Crippen molar-refractivity contribution >= 4 is 11.2 Å². The summed E-state index contributed by atoms with van der Waals surface area (Å²) in [5.41, 5.74) is 2.34. The van der Waals surface area contributed by atoms with Crippen LogP contribution in [-0.4, -0.2) is 27.2 Å². The molecule has 2 N–H and O–H groups in total. The summed E-state index contributed by atoms with van der Waals surface area (Å²) in [6.45, 7) is 2.67. The van der Waals surface area contributed by atoms with Crippen LogP contribution in [0.1, 0.15) is 37.8 Å². The quantitative estimate of drug-likeness (QED) is 0.878. The molecule has 1 fully saturated rings. The van der Waals surface area contributed by atoms with Gasteiger partial charge in [0, 0.05) is 19.0 Å². The smallest absolute Gasteiger partial charge is 0.199 e. The maximum absolute atomic E-state index is 9.76. The van der Waals surface area contributed by atoms with Crippen LogP contribution in [0.25, 0.3) is 11.2 Å². The molecule has 0 amide bonds. The van der Waals surface area contributed by atoms with E-state index in [9.17, 15) is 5.11 Å². The molecule has 0 saturated heterocycles. The predicted octanol–water partition coefficient (Wildman–Crippen LogP) is 1.79. The number of nitrogens with zero attached hydrogens (tertiary/aromatic N) is 2. The van der Waals surface area contributed by atoms with Crippen molar-refractivity contribution in [3.63, 3.8) is 0 Å². The number of oxazole rings is 1. The van der Waals surface area contributed by atoms with E-state index < -0.39 is 0 Å². The molecule has 5 nitrogen and oxygen atoms in total. The average Bonchev–Trinajstić information content (AvgIpc) is 3.01. The Morgan fingerprint density at radius 3 is 3.00 bits per heavy atom. The fourth-order valence-corrected chi connectivity index (χ4v) is 2.57. The van der Waals surface area contributed by atoms with Gasteiger partial charge in [0.15, 0.2) is 17.1 Å². The molecule has 2 atom stereocenters. The topological polar surface area (TPSA) is 71.2 Å². The summed E-state index contributed by atoms with van der Waals surface area (Å²) < 4.78 is 5.53. The third kappa shape index (κ3) is 2.62. The van der Waals surface area contributed by atoms with Crippen LogP contribution >= 0.6 is 0 Å². The fraction of sp³-hybridized carbons (Fsp3) is 0.571. The van der Waals surface area contributed by atoms with Gasteiger partial charge in [0.25, 0.3) is 0 Å². The summed E-state index contributed by atoms with van der Waals surface area (Å²) in [7, 11) is 0. The number of rotatable bonds is 4. The molecule has 1 aliphatic carbocycles. The summed E-state index contributed by atoms with van der Waals surface area (Å²) in [6, 6.07) is 4.05. The molecular formula is C14H19N3O2. The van der Waals surface area contributed by atoms with Crippen LogP contribution in [0.4, 0.5) is 0 Å². The van der Waals surface area contributed by atoms with Gasteiger partial charge in [-0.3, -0.25) is 0 Å². The van der Waals surface area contributed by atoms with Crippen LogP contribution in [0.3, 0.4) is 0 Å². The Balaban J connectivity index is 1.70. The number of hydrogen-bond donors (Lipinski definition) is 2. The Kier molecular flexibility index (Phi) is 3.48. The van der Waals surface area contributed by atoms with Gasteiger partial charge >= 0.3 is 0 Å². The lowest BCUT2D eigenvalue weighted by Crippen LogP contribution is -2.35. The lowest BCUT2D eigenvalue weighted by atomic mass is 10.2. The molecule has 0 aromatic carbocycles.